The predicted octanol–water partition coefficient (Wildman–Crippen LogP) is 0.146. The van der Waals surface area contributed by atoms with Gasteiger partial charge in [-0.15, -0.1) is 0 Å². The Morgan fingerprint density at radius 3 is 3.07 bits per heavy atom. The first-order valence-corrected chi connectivity index (χ1v) is 4.56. The lowest BCUT2D eigenvalue weighted by Crippen LogP contribution is -2.33. The van der Waals surface area contributed by atoms with Gasteiger partial charge in [-0.25, -0.2) is 0 Å². The van der Waals surface area contributed by atoms with E-state index in [-0.39, 0.29) is 11.8 Å². The van der Waals surface area contributed by atoms with Crippen LogP contribution in [0.4, 0.5) is 0 Å². The number of hydrogen-bond donors (Lipinski definition) is 2. The number of nitrogens with zero attached hydrogens (tertiary/aromatic N) is 1. The van der Waals surface area contributed by atoms with Gasteiger partial charge in [0, 0.05) is 18.5 Å². The number of hydrogen-bond acceptors (Lipinski definition) is 4. The Bertz CT molecular complexity index is 272. The average molecular weight is 197 g/mol. The van der Waals surface area contributed by atoms with Crippen molar-refractivity contribution in [1.29, 1.82) is 0 Å². The lowest BCUT2D eigenvalue weighted by Gasteiger charge is -2.09. The summed E-state index contributed by atoms with van der Waals surface area (Å²) in [6.07, 6.45) is 1.55. The number of amides is 1. The molecule has 1 unspecified atom stereocenters. The maximum Gasteiger partial charge on any atom is 0.224 e. The molecule has 1 rings (SSSR count). The predicted molar refractivity (Wildman–Crippen MR) is 51.4 cm³/mol. The van der Waals surface area contributed by atoms with Crippen LogP contribution in [0, 0.1) is 5.92 Å². The summed E-state index contributed by atoms with van der Waals surface area (Å²) in [7, 11) is 1.82. The molecule has 1 aromatic rings. The Hall–Kier alpha value is -1.36. The van der Waals surface area contributed by atoms with E-state index >= 15 is 0 Å². The zero-order valence-electron chi connectivity index (χ0n) is 8.41. The van der Waals surface area contributed by atoms with Gasteiger partial charge in [-0.05, 0) is 7.05 Å². The van der Waals surface area contributed by atoms with Gasteiger partial charge in [0.2, 0.25) is 5.91 Å². The van der Waals surface area contributed by atoms with Gasteiger partial charge in [-0.2, -0.15) is 0 Å². The van der Waals surface area contributed by atoms with Gasteiger partial charge in [-0.3, -0.25) is 4.79 Å². The Kier molecular flexibility index (Phi) is 4.12. The van der Waals surface area contributed by atoms with Crippen LogP contribution in [0.1, 0.15) is 12.7 Å². The molecule has 0 spiro atoms. The minimum Gasteiger partial charge on any atom is -0.360 e. The fraction of sp³-hybridized carbons (Fsp3) is 0.556. The van der Waals surface area contributed by atoms with Crippen molar-refractivity contribution in [3.8, 4) is 0 Å². The second kappa shape index (κ2) is 5.39. The zero-order chi connectivity index (χ0) is 10.4. The molecule has 78 valence electrons. The highest BCUT2D eigenvalue weighted by Crippen LogP contribution is 1.97. The summed E-state index contributed by atoms with van der Waals surface area (Å²) in [5.74, 6) is 0.633. The molecule has 1 atom stereocenters. The third kappa shape index (κ3) is 3.18. The van der Waals surface area contributed by atoms with Crippen molar-refractivity contribution < 1.29 is 9.32 Å². The monoisotopic (exact) mass is 197 g/mol. The van der Waals surface area contributed by atoms with Crippen LogP contribution in [0.5, 0.6) is 0 Å². The smallest absolute Gasteiger partial charge is 0.224 e. The van der Waals surface area contributed by atoms with Crippen LogP contribution < -0.4 is 10.6 Å². The molecule has 5 heteroatoms. The van der Waals surface area contributed by atoms with Gasteiger partial charge in [-0.1, -0.05) is 12.1 Å². The van der Waals surface area contributed by atoms with Crippen molar-refractivity contribution in [2.24, 2.45) is 5.92 Å². The second-order valence-corrected chi connectivity index (χ2v) is 3.16. The van der Waals surface area contributed by atoms with Crippen LogP contribution in [-0.4, -0.2) is 24.7 Å². The highest BCUT2D eigenvalue weighted by atomic mass is 16.5. The van der Waals surface area contributed by atoms with Crippen molar-refractivity contribution in [3.63, 3.8) is 0 Å². The van der Waals surface area contributed by atoms with Gasteiger partial charge in [0.25, 0.3) is 0 Å². The highest BCUT2D eigenvalue weighted by molar-refractivity contribution is 5.78. The van der Waals surface area contributed by atoms with E-state index in [9.17, 15) is 4.79 Å². The van der Waals surface area contributed by atoms with Crippen molar-refractivity contribution >= 4 is 5.91 Å². The topological polar surface area (TPSA) is 67.2 Å². The molecule has 1 heterocycles. The third-order valence-corrected chi connectivity index (χ3v) is 1.89. The molecule has 0 saturated heterocycles. The molecular weight excluding hydrogens is 182 g/mol. The summed E-state index contributed by atoms with van der Waals surface area (Å²) in [5.41, 5.74) is 0. The summed E-state index contributed by atoms with van der Waals surface area (Å²) in [5, 5.41) is 9.24. The lowest BCUT2D eigenvalue weighted by atomic mass is 10.1. The van der Waals surface area contributed by atoms with Gasteiger partial charge >= 0.3 is 0 Å². The quantitative estimate of drug-likeness (QED) is 0.705. The van der Waals surface area contributed by atoms with Crippen LogP contribution in [0.15, 0.2) is 16.8 Å². The van der Waals surface area contributed by atoms with Crippen LogP contribution in [0.25, 0.3) is 0 Å². The van der Waals surface area contributed by atoms with Crippen LogP contribution in [-0.2, 0) is 11.3 Å². The fourth-order valence-electron chi connectivity index (χ4n) is 1.08. The van der Waals surface area contributed by atoms with Gasteiger partial charge < -0.3 is 15.2 Å². The highest BCUT2D eigenvalue weighted by Gasteiger charge is 2.11. The van der Waals surface area contributed by atoms with Crippen LogP contribution in [0.3, 0.4) is 0 Å². The van der Waals surface area contributed by atoms with E-state index in [0.717, 1.165) is 0 Å². The summed E-state index contributed by atoms with van der Waals surface area (Å²) in [6, 6.07) is 1.73. The first-order valence-electron chi connectivity index (χ1n) is 4.56. The Balaban J connectivity index is 2.27. The standard InChI is InChI=1S/C9H15N3O2/c1-7(5-10-2)9(13)11-6-8-3-4-12-14-8/h3-4,7,10H,5-6H2,1-2H3,(H,11,13). The van der Waals surface area contributed by atoms with Gasteiger partial charge in [0.05, 0.1) is 12.7 Å². The van der Waals surface area contributed by atoms with Crippen molar-refractivity contribution in [3.05, 3.63) is 18.0 Å². The Labute approximate surface area is 82.8 Å². The lowest BCUT2D eigenvalue weighted by molar-refractivity contribution is -0.124. The van der Waals surface area contributed by atoms with Crippen LogP contribution in [0.2, 0.25) is 0 Å². The summed E-state index contributed by atoms with van der Waals surface area (Å²) in [4.78, 5) is 11.4. The molecule has 0 aliphatic heterocycles. The molecule has 0 aliphatic rings. The molecule has 0 aromatic carbocycles. The maximum atomic E-state index is 11.4. The number of nitrogens with one attached hydrogen (secondary N) is 2. The Morgan fingerprint density at radius 2 is 2.50 bits per heavy atom. The molecule has 0 saturated carbocycles. The van der Waals surface area contributed by atoms with Crippen molar-refractivity contribution in [1.82, 2.24) is 15.8 Å². The molecule has 0 fully saturated rings. The SMILES string of the molecule is CNCC(C)C(=O)NCc1ccno1. The molecule has 2 N–H and O–H groups in total. The van der Waals surface area contributed by atoms with Crippen LogP contribution >= 0.6 is 0 Å². The first kappa shape index (κ1) is 10.7. The van der Waals surface area contributed by atoms with E-state index < -0.39 is 0 Å². The van der Waals surface area contributed by atoms with E-state index in [2.05, 4.69) is 15.8 Å². The van der Waals surface area contributed by atoms with E-state index in [1.165, 1.54) is 0 Å². The molecule has 0 aliphatic carbocycles. The number of rotatable bonds is 5. The van der Waals surface area contributed by atoms with E-state index in [4.69, 9.17) is 4.52 Å². The average Bonchev–Trinajstić information content (AvgIpc) is 2.67. The van der Waals surface area contributed by atoms with E-state index in [0.29, 0.717) is 18.8 Å². The molecule has 0 radical (unpaired) electrons. The van der Waals surface area contributed by atoms with E-state index in [1.54, 1.807) is 12.3 Å². The molecule has 5 nitrogen and oxygen atoms in total. The Morgan fingerprint density at radius 1 is 1.71 bits per heavy atom. The molecular formula is C9H15N3O2. The summed E-state index contributed by atoms with van der Waals surface area (Å²) < 4.78 is 4.84. The molecule has 14 heavy (non-hydrogen) atoms. The number of aromatic nitrogens is 1. The van der Waals surface area contributed by atoms with Gasteiger partial charge in [0.15, 0.2) is 5.76 Å². The summed E-state index contributed by atoms with van der Waals surface area (Å²) >= 11 is 0. The summed E-state index contributed by atoms with van der Waals surface area (Å²) in [6.45, 7) is 2.93. The number of carbonyl (C=O) groups excluding carboxylic acids is 1. The van der Waals surface area contributed by atoms with Gasteiger partial charge in [0.1, 0.15) is 0 Å². The number of carbonyl (C=O) groups is 1. The maximum absolute atomic E-state index is 11.4. The fourth-order valence-corrected chi connectivity index (χ4v) is 1.08. The van der Waals surface area contributed by atoms with E-state index in [1.807, 2.05) is 14.0 Å². The molecule has 1 amide bonds. The van der Waals surface area contributed by atoms with Crippen molar-refractivity contribution in [2.75, 3.05) is 13.6 Å². The molecule has 1 aromatic heterocycles. The minimum atomic E-state index is -0.0390. The normalized spacial score (nSPS) is 12.4. The molecule has 0 bridgehead atoms. The first-order chi connectivity index (χ1) is 6.74. The van der Waals surface area contributed by atoms with Crippen molar-refractivity contribution in [2.45, 2.75) is 13.5 Å². The largest absolute Gasteiger partial charge is 0.360 e. The third-order valence-electron chi connectivity index (χ3n) is 1.89. The minimum absolute atomic E-state index is 0.00995. The zero-order valence-corrected chi connectivity index (χ0v) is 8.41. The second-order valence-electron chi connectivity index (χ2n) is 3.16.